The number of rotatable bonds is 4. The highest BCUT2D eigenvalue weighted by atomic mass is 16.5. The van der Waals surface area contributed by atoms with Gasteiger partial charge in [0.05, 0.1) is 11.9 Å². The average molecular weight is 281 g/mol. The molecule has 0 fully saturated rings. The number of para-hydroxylation sites is 1. The van der Waals surface area contributed by atoms with E-state index in [1.54, 1.807) is 0 Å². The average Bonchev–Trinajstić information content (AvgIpc) is 2.86. The fourth-order valence-corrected chi connectivity index (χ4v) is 2.47. The van der Waals surface area contributed by atoms with Gasteiger partial charge in [0.25, 0.3) is 0 Å². The quantitative estimate of drug-likeness (QED) is 0.783. The zero-order valence-electron chi connectivity index (χ0n) is 12.3. The number of hydrogen-bond acceptors (Lipinski definition) is 3. The molecule has 108 valence electrons. The molecule has 0 aliphatic heterocycles. The molecule has 0 aliphatic carbocycles. The number of benzene rings is 2. The van der Waals surface area contributed by atoms with E-state index in [1.165, 1.54) is 16.7 Å². The van der Waals surface area contributed by atoms with Crippen molar-refractivity contribution in [1.82, 2.24) is 0 Å². The molecule has 0 amide bonds. The lowest BCUT2D eigenvalue weighted by molar-refractivity contribution is 0.298. The summed E-state index contributed by atoms with van der Waals surface area (Å²) in [5, 5.41) is 0.975. The Kier molecular flexibility index (Phi) is 3.67. The van der Waals surface area contributed by atoms with Crippen molar-refractivity contribution >= 4 is 11.0 Å². The van der Waals surface area contributed by atoms with Crippen LogP contribution in [0.3, 0.4) is 0 Å². The number of aryl methyl sites for hydroxylation is 2. The Morgan fingerprint density at radius 2 is 1.90 bits per heavy atom. The molecule has 0 aliphatic rings. The highest BCUT2D eigenvalue weighted by molar-refractivity contribution is 5.85. The summed E-state index contributed by atoms with van der Waals surface area (Å²) in [6, 6.07) is 14.2. The van der Waals surface area contributed by atoms with Crippen LogP contribution in [0.15, 0.2) is 46.9 Å². The maximum Gasteiger partial charge on any atom is 0.170 e. The summed E-state index contributed by atoms with van der Waals surface area (Å²) in [5.74, 6) is 1.45. The molecular formula is C18H19NO2. The van der Waals surface area contributed by atoms with Crippen LogP contribution < -0.4 is 10.5 Å². The second kappa shape index (κ2) is 5.62. The number of furan rings is 1. The van der Waals surface area contributed by atoms with Gasteiger partial charge in [-0.3, -0.25) is 0 Å². The van der Waals surface area contributed by atoms with Crippen LogP contribution in [-0.4, -0.2) is 0 Å². The summed E-state index contributed by atoms with van der Waals surface area (Å²) >= 11 is 0. The third-order valence-electron chi connectivity index (χ3n) is 3.68. The maximum absolute atomic E-state index is 6.03. The van der Waals surface area contributed by atoms with Gasteiger partial charge in [-0.2, -0.15) is 0 Å². The third kappa shape index (κ3) is 2.65. The Bertz CT molecular complexity index is 774. The monoisotopic (exact) mass is 281 g/mol. The van der Waals surface area contributed by atoms with Crippen LogP contribution >= 0.6 is 0 Å². The zero-order chi connectivity index (χ0) is 14.8. The van der Waals surface area contributed by atoms with Crippen molar-refractivity contribution in [2.75, 3.05) is 0 Å². The van der Waals surface area contributed by atoms with Crippen molar-refractivity contribution in [2.45, 2.75) is 27.0 Å². The van der Waals surface area contributed by atoms with Crippen molar-refractivity contribution in [3.63, 3.8) is 0 Å². The van der Waals surface area contributed by atoms with Crippen LogP contribution in [0.5, 0.6) is 5.75 Å². The first-order valence-corrected chi connectivity index (χ1v) is 7.08. The minimum Gasteiger partial charge on any atom is -0.485 e. The lowest BCUT2D eigenvalue weighted by atomic mass is 10.1. The van der Waals surface area contributed by atoms with E-state index in [4.69, 9.17) is 14.9 Å². The van der Waals surface area contributed by atoms with E-state index in [1.807, 2.05) is 24.3 Å². The Morgan fingerprint density at radius 3 is 2.71 bits per heavy atom. The second-order valence-electron chi connectivity index (χ2n) is 5.27. The minimum atomic E-state index is 0.330. The Labute approximate surface area is 124 Å². The number of fused-ring (bicyclic) bond motifs is 1. The topological polar surface area (TPSA) is 48.4 Å². The molecule has 21 heavy (non-hydrogen) atoms. The minimum absolute atomic E-state index is 0.330. The van der Waals surface area contributed by atoms with Crippen LogP contribution in [0.4, 0.5) is 0 Å². The van der Waals surface area contributed by atoms with Gasteiger partial charge in [-0.1, -0.05) is 35.9 Å². The smallest absolute Gasteiger partial charge is 0.170 e. The van der Waals surface area contributed by atoms with Gasteiger partial charge in [0, 0.05) is 0 Å². The lowest BCUT2D eigenvalue weighted by Crippen LogP contribution is -2.02. The van der Waals surface area contributed by atoms with Crippen molar-refractivity contribution < 1.29 is 9.15 Å². The van der Waals surface area contributed by atoms with Crippen LogP contribution in [0.25, 0.3) is 11.0 Å². The van der Waals surface area contributed by atoms with Crippen LogP contribution in [0.2, 0.25) is 0 Å². The molecule has 0 saturated carbocycles. The first kappa shape index (κ1) is 13.7. The van der Waals surface area contributed by atoms with Gasteiger partial charge in [-0.25, -0.2) is 0 Å². The van der Waals surface area contributed by atoms with Gasteiger partial charge in [-0.15, -0.1) is 0 Å². The molecule has 3 heteroatoms. The summed E-state index contributed by atoms with van der Waals surface area (Å²) in [4.78, 5) is 0. The molecule has 0 spiro atoms. The van der Waals surface area contributed by atoms with Crippen molar-refractivity contribution in [3.05, 3.63) is 64.9 Å². The van der Waals surface area contributed by atoms with Gasteiger partial charge >= 0.3 is 0 Å². The molecule has 0 bridgehead atoms. The van der Waals surface area contributed by atoms with E-state index in [2.05, 4.69) is 32.0 Å². The molecule has 2 aromatic carbocycles. The standard InChI is InChI=1S/C18H19NO2/c1-12-7-8-13(2)14(9-12)11-20-18-15-5-3-4-6-16(15)21-17(18)10-19/h3-9H,10-11,19H2,1-2H3. The molecule has 0 atom stereocenters. The first-order valence-electron chi connectivity index (χ1n) is 7.08. The maximum atomic E-state index is 6.03. The first-order chi connectivity index (χ1) is 10.2. The van der Waals surface area contributed by atoms with Gasteiger partial charge in [-0.05, 0) is 37.1 Å². The Balaban J connectivity index is 1.93. The Hall–Kier alpha value is -2.26. The molecule has 0 saturated heterocycles. The fourth-order valence-electron chi connectivity index (χ4n) is 2.47. The predicted octanol–water partition coefficient (Wildman–Crippen LogP) is 4.09. The van der Waals surface area contributed by atoms with E-state index in [-0.39, 0.29) is 0 Å². The van der Waals surface area contributed by atoms with Crippen LogP contribution in [0.1, 0.15) is 22.5 Å². The van der Waals surface area contributed by atoms with Crippen molar-refractivity contribution in [1.29, 1.82) is 0 Å². The SMILES string of the molecule is Cc1ccc(C)c(COc2c(CN)oc3ccccc23)c1. The van der Waals surface area contributed by atoms with Crippen molar-refractivity contribution in [2.24, 2.45) is 5.73 Å². The largest absolute Gasteiger partial charge is 0.485 e. The second-order valence-corrected chi connectivity index (χ2v) is 5.27. The molecule has 0 unspecified atom stereocenters. The summed E-state index contributed by atoms with van der Waals surface area (Å²) in [5.41, 5.74) is 10.2. The normalized spacial score (nSPS) is 11.0. The molecule has 3 rings (SSSR count). The molecule has 3 aromatic rings. The summed E-state index contributed by atoms with van der Waals surface area (Å²) in [6.45, 7) is 5.03. The number of ether oxygens (including phenoxy) is 1. The molecule has 3 nitrogen and oxygen atoms in total. The number of nitrogens with two attached hydrogens (primary N) is 1. The lowest BCUT2D eigenvalue weighted by Gasteiger charge is -2.09. The molecular weight excluding hydrogens is 262 g/mol. The van der Waals surface area contributed by atoms with E-state index < -0.39 is 0 Å². The summed E-state index contributed by atoms with van der Waals surface area (Å²) in [7, 11) is 0. The third-order valence-corrected chi connectivity index (χ3v) is 3.68. The van der Waals surface area contributed by atoms with Crippen LogP contribution in [-0.2, 0) is 13.2 Å². The van der Waals surface area contributed by atoms with Crippen molar-refractivity contribution in [3.8, 4) is 5.75 Å². The molecule has 1 heterocycles. The summed E-state index contributed by atoms with van der Waals surface area (Å²) in [6.07, 6.45) is 0. The van der Waals surface area contributed by atoms with Gasteiger partial charge in [0.1, 0.15) is 12.2 Å². The predicted molar refractivity (Wildman–Crippen MR) is 84.4 cm³/mol. The van der Waals surface area contributed by atoms with Gasteiger partial charge < -0.3 is 14.9 Å². The van der Waals surface area contributed by atoms with E-state index in [9.17, 15) is 0 Å². The summed E-state index contributed by atoms with van der Waals surface area (Å²) < 4.78 is 11.8. The van der Waals surface area contributed by atoms with Gasteiger partial charge in [0.2, 0.25) is 0 Å². The van der Waals surface area contributed by atoms with E-state index >= 15 is 0 Å². The van der Waals surface area contributed by atoms with E-state index in [0.717, 1.165) is 16.7 Å². The highest BCUT2D eigenvalue weighted by Crippen LogP contribution is 2.33. The molecule has 0 radical (unpaired) electrons. The molecule has 2 N–H and O–H groups in total. The highest BCUT2D eigenvalue weighted by Gasteiger charge is 2.14. The zero-order valence-corrected chi connectivity index (χ0v) is 12.3. The fraction of sp³-hybridized carbons (Fsp3) is 0.222. The van der Waals surface area contributed by atoms with Crippen LogP contribution in [0, 0.1) is 13.8 Å². The molecule has 1 aromatic heterocycles. The van der Waals surface area contributed by atoms with Gasteiger partial charge in [0.15, 0.2) is 11.5 Å². The Morgan fingerprint density at radius 1 is 1.10 bits per heavy atom. The van der Waals surface area contributed by atoms with E-state index in [0.29, 0.717) is 18.9 Å². The number of hydrogen-bond donors (Lipinski definition) is 1.